The quantitative estimate of drug-likeness (QED) is 0.775. The van der Waals surface area contributed by atoms with Crippen LogP contribution in [0.1, 0.15) is 46.5 Å². The Labute approximate surface area is 158 Å². The van der Waals surface area contributed by atoms with Gasteiger partial charge in [-0.2, -0.15) is 4.31 Å². The van der Waals surface area contributed by atoms with Crippen LogP contribution in [-0.2, 0) is 16.6 Å². The van der Waals surface area contributed by atoms with Crippen LogP contribution in [0.3, 0.4) is 0 Å². The van der Waals surface area contributed by atoms with E-state index in [1.807, 2.05) is 0 Å². The number of sulfonamides is 1. The lowest BCUT2D eigenvalue weighted by molar-refractivity contribution is 0.0696. The predicted molar refractivity (Wildman–Crippen MR) is 98.5 cm³/mol. The summed E-state index contributed by atoms with van der Waals surface area (Å²) < 4.78 is 38.9. The van der Waals surface area contributed by atoms with E-state index in [4.69, 9.17) is 14.3 Å². The summed E-state index contributed by atoms with van der Waals surface area (Å²) in [5, 5.41) is 9.06. The number of rotatable bonds is 7. The number of nitrogens with zero attached hydrogens (tertiary/aromatic N) is 1. The summed E-state index contributed by atoms with van der Waals surface area (Å²) in [7, 11) is -2.24. The van der Waals surface area contributed by atoms with Gasteiger partial charge in [0.2, 0.25) is 10.0 Å². The van der Waals surface area contributed by atoms with E-state index in [0.29, 0.717) is 22.6 Å². The lowest BCUT2D eigenvalue weighted by Crippen LogP contribution is -2.43. The molecule has 0 bridgehead atoms. The molecule has 1 aliphatic rings. The molecule has 146 valence electrons. The lowest BCUT2D eigenvalue weighted by Gasteiger charge is -2.36. The number of carbonyl (C=O) groups is 1. The van der Waals surface area contributed by atoms with Gasteiger partial charge in [0.05, 0.1) is 24.1 Å². The third kappa shape index (κ3) is 3.72. The van der Waals surface area contributed by atoms with Crippen molar-refractivity contribution in [3.8, 4) is 5.75 Å². The SMILES string of the molecule is COc1cc(C)c(S(=O)(=O)N(Cc2cc(C(=O)O)co2)C2CCC2)c(C)c1. The minimum atomic E-state index is -3.79. The first-order valence-corrected chi connectivity index (χ1v) is 10.2. The Morgan fingerprint density at radius 2 is 1.89 bits per heavy atom. The molecule has 1 N–H and O–H groups in total. The first-order chi connectivity index (χ1) is 12.7. The molecule has 2 aromatic rings. The molecule has 1 aromatic carbocycles. The number of hydrogen-bond acceptors (Lipinski definition) is 5. The first kappa shape index (κ1) is 19.4. The van der Waals surface area contributed by atoms with Crippen molar-refractivity contribution >= 4 is 16.0 Å². The fourth-order valence-corrected chi connectivity index (χ4v) is 5.43. The molecule has 0 aliphatic heterocycles. The van der Waals surface area contributed by atoms with Crippen molar-refractivity contribution in [1.82, 2.24) is 4.31 Å². The van der Waals surface area contributed by atoms with Crippen molar-refractivity contribution in [3.63, 3.8) is 0 Å². The van der Waals surface area contributed by atoms with E-state index < -0.39 is 16.0 Å². The maximum Gasteiger partial charge on any atom is 0.338 e. The van der Waals surface area contributed by atoms with E-state index in [2.05, 4.69) is 0 Å². The molecule has 0 spiro atoms. The van der Waals surface area contributed by atoms with Gasteiger partial charge in [0, 0.05) is 6.04 Å². The summed E-state index contributed by atoms with van der Waals surface area (Å²) in [6.45, 7) is 3.50. The number of aryl methyl sites for hydroxylation is 2. The zero-order valence-corrected chi connectivity index (χ0v) is 16.4. The van der Waals surface area contributed by atoms with Crippen LogP contribution in [0.4, 0.5) is 0 Å². The Morgan fingerprint density at radius 3 is 2.33 bits per heavy atom. The smallest absolute Gasteiger partial charge is 0.338 e. The zero-order valence-electron chi connectivity index (χ0n) is 15.6. The molecule has 1 aliphatic carbocycles. The number of ether oxygens (including phenoxy) is 1. The van der Waals surface area contributed by atoms with Gasteiger partial charge < -0.3 is 14.3 Å². The molecule has 0 unspecified atom stereocenters. The maximum absolute atomic E-state index is 13.5. The fourth-order valence-electron chi connectivity index (χ4n) is 3.37. The fraction of sp³-hybridized carbons (Fsp3) is 0.421. The van der Waals surface area contributed by atoms with E-state index in [1.165, 1.54) is 10.4 Å². The van der Waals surface area contributed by atoms with Gasteiger partial charge in [0.25, 0.3) is 0 Å². The monoisotopic (exact) mass is 393 g/mol. The second-order valence-corrected chi connectivity index (χ2v) is 8.66. The van der Waals surface area contributed by atoms with Gasteiger partial charge in [-0.3, -0.25) is 0 Å². The number of furan rings is 1. The van der Waals surface area contributed by atoms with Crippen LogP contribution in [-0.4, -0.2) is 37.0 Å². The minimum absolute atomic E-state index is 0.00515. The Morgan fingerprint density at radius 1 is 1.26 bits per heavy atom. The number of hydrogen-bond donors (Lipinski definition) is 1. The van der Waals surface area contributed by atoms with Crippen LogP contribution in [0.25, 0.3) is 0 Å². The third-order valence-electron chi connectivity index (χ3n) is 4.93. The molecule has 0 saturated heterocycles. The van der Waals surface area contributed by atoms with Crippen molar-refractivity contribution in [2.24, 2.45) is 0 Å². The largest absolute Gasteiger partial charge is 0.497 e. The van der Waals surface area contributed by atoms with E-state index in [-0.39, 0.29) is 23.0 Å². The number of carboxylic acid groups (broad SMARTS) is 1. The molecule has 7 nitrogen and oxygen atoms in total. The molecule has 0 amide bonds. The third-order valence-corrected chi connectivity index (χ3v) is 7.14. The highest BCUT2D eigenvalue weighted by molar-refractivity contribution is 7.89. The maximum atomic E-state index is 13.5. The Hall–Kier alpha value is -2.32. The first-order valence-electron chi connectivity index (χ1n) is 8.72. The predicted octanol–water partition coefficient (Wildman–Crippen LogP) is 3.35. The van der Waals surface area contributed by atoms with E-state index in [9.17, 15) is 13.2 Å². The van der Waals surface area contributed by atoms with Crippen molar-refractivity contribution in [2.75, 3.05) is 7.11 Å². The highest BCUT2D eigenvalue weighted by Gasteiger charge is 2.37. The van der Waals surface area contributed by atoms with E-state index >= 15 is 0 Å². The van der Waals surface area contributed by atoms with Gasteiger partial charge in [-0.15, -0.1) is 0 Å². The molecule has 8 heteroatoms. The standard InChI is InChI=1S/C19H23NO6S/c1-12-7-16(25-3)8-13(2)18(12)27(23,24)20(15-5-4-6-15)10-17-9-14(11-26-17)19(21)22/h7-9,11,15H,4-6,10H2,1-3H3,(H,21,22). The van der Waals surface area contributed by atoms with Gasteiger partial charge in [-0.25, -0.2) is 13.2 Å². The van der Waals surface area contributed by atoms with Gasteiger partial charge in [0.15, 0.2) is 0 Å². The van der Waals surface area contributed by atoms with E-state index in [0.717, 1.165) is 25.5 Å². The Balaban J connectivity index is 2.00. The second kappa shape index (κ2) is 7.36. The van der Waals surface area contributed by atoms with Crippen LogP contribution in [0, 0.1) is 13.8 Å². The summed E-state index contributed by atoms with van der Waals surface area (Å²) >= 11 is 0. The molecular formula is C19H23NO6S. The summed E-state index contributed by atoms with van der Waals surface area (Å²) in [6, 6.07) is 4.66. The van der Waals surface area contributed by atoms with Gasteiger partial charge in [0.1, 0.15) is 17.8 Å². The number of methoxy groups -OCH3 is 1. The van der Waals surface area contributed by atoms with Crippen LogP contribution in [0.5, 0.6) is 5.75 Å². The van der Waals surface area contributed by atoms with Gasteiger partial charge in [-0.05, 0) is 56.0 Å². The molecule has 1 saturated carbocycles. The average molecular weight is 393 g/mol. The molecule has 0 atom stereocenters. The zero-order chi connectivity index (χ0) is 19.8. The highest BCUT2D eigenvalue weighted by atomic mass is 32.2. The van der Waals surface area contributed by atoms with Crippen LogP contribution in [0.2, 0.25) is 0 Å². The van der Waals surface area contributed by atoms with E-state index in [1.54, 1.807) is 33.1 Å². The van der Waals surface area contributed by atoms with Crippen molar-refractivity contribution in [1.29, 1.82) is 0 Å². The molecule has 1 aromatic heterocycles. The molecule has 0 radical (unpaired) electrons. The Kier molecular flexibility index (Phi) is 5.30. The van der Waals surface area contributed by atoms with Crippen LogP contribution >= 0.6 is 0 Å². The van der Waals surface area contributed by atoms with Crippen molar-refractivity contribution in [3.05, 3.63) is 46.9 Å². The summed E-state index contributed by atoms with van der Waals surface area (Å²) in [5.41, 5.74) is 1.23. The normalized spacial score (nSPS) is 15.0. The summed E-state index contributed by atoms with van der Waals surface area (Å²) in [4.78, 5) is 11.3. The molecule has 27 heavy (non-hydrogen) atoms. The van der Waals surface area contributed by atoms with Gasteiger partial charge in [-0.1, -0.05) is 6.42 Å². The Bertz CT molecular complexity index is 935. The van der Waals surface area contributed by atoms with Crippen molar-refractivity contribution < 1.29 is 27.5 Å². The van der Waals surface area contributed by atoms with Crippen LogP contribution < -0.4 is 4.74 Å². The topological polar surface area (TPSA) is 97.1 Å². The highest BCUT2D eigenvalue weighted by Crippen LogP contribution is 2.35. The van der Waals surface area contributed by atoms with Gasteiger partial charge >= 0.3 is 5.97 Å². The minimum Gasteiger partial charge on any atom is -0.497 e. The summed E-state index contributed by atoms with van der Waals surface area (Å²) in [5.74, 6) is -0.187. The second-order valence-electron chi connectivity index (χ2n) is 6.83. The number of benzene rings is 1. The molecule has 1 heterocycles. The number of aromatic carboxylic acids is 1. The summed E-state index contributed by atoms with van der Waals surface area (Å²) in [6.07, 6.45) is 3.66. The average Bonchev–Trinajstić information content (AvgIpc) is 3.00. The molecular weight excluding hydrogens is 370 g/mol. The lowest BCUT2D eigenvalue weighted by atomic mass is 9.93. The van der Waals surface area contributed by atoms with Crippen LogP contribution in [0.15, 0.2) is 33.8 Å². The number of carboxylic acids is 1. The van der Waals surface area contributed by atoms with Crippen molar-refractivity contribution in [2.45, 2.75) is 50.6 Å². The molecule has 1 fully saturated rings. The molecule has 3 rings (SSSR count).